The van der Waals surface area contributed by atoms with Crippen LogP contribution in [0.2, 0.25) is 0 Å². The van der Waals surface area contributed by atoms with E-state index >= 15 is 0 Å². The van der Waals surface area contributed by atoms with Crippen LogP contribution in [0.25, 0.3) is 11.3 Å². The molecule has 2 atom stereocenters. The van der Waals surface area contributed by atoms with E-state index in [9.17, 15) is 24.3 Å². The third kappa shape index (κ3) is 5.91. The lowest BCUT2D eigenvalue weighted by molar-refractivity contribution is -0.139. The highest BCUT2D eigenvalue weighted by molar-refractivity contribution is 5.97. The van der Waals surface area contributed by atoms with E-state index < -0.39 is 35.7 Å². The molecule has 4 rings (SSSR count). The van der Waals surface area contributed by atoms with Gasteiger partial charge in [0.25, 0.3) is 11.5 Å². The zero-order valence-corrected chi connectivity index (χ0v) is 20.9. The number of carbonyl (C=O) groups is 3. The molecule has 0 spiro atoms. The fourth-order valence-corrected chi connectivity index (χ4v) is 4.17. The molecular formula is C27H30N4O6. The number of hydrogen-bond acceptors (Lipinski definition) is 5. The zero-order chi connectivity index (χ0) is 26.7. The summed E-state index contributed by atoms with van der Waals surface area (Å²) in [7, 11) is 3.25. The number of rotatable bonds is 9. The largest absolute Gasteiger partial charge is 0.480 e. The maximum Gasteiger partial charge on any atom is 0.412 e. The van der Waals surface area contributed by atoms with Crippen LogP contribution in [0.3, 0.4) is 0 Å². The minimum atomic E-state index is -1.06. The molecule has 3 aromatic rings. The topological polar surface area (TPSA) is 132 Å². The Balaban J connectivity index is 1.51. The van der Waals surface area contributed by atoms with E-state index in [0.717, 1.165) is 18.4 Å². The fourth-order valence-electron chi connectivity index (χ4n) is 4.17. The molecule has 1 aromatic heterocycles. The molecular weight excluding hydrogens is 476 g/mol. The molecule has 0 saturated heterocycles. The van der Waals surface area contributed by atoms with E-state index in [2.05, 4.69) is 10.6 Å². The Bertz CT molecular complexity index is 1360. The zero-order valence-electron chi connectivity index (χ0n) is 20.9. The van der Waals surface area contributed by atoms with Gasteiger partial charge in [0.1, 0.15) is 17.8 Å². The molecule has 2 unspecified atom stereocenters. The fraction of sp³-hybridized carbons (Fsp3) is 0.333. The van der Waals surface area contributed by atoms with Crippen LogP contribution in [0, 0.1) is 5.92 Å². The molecule has 1 heterocycles. The van der Waals surface area contributed by atoms with Gasteiger partial charge in [0.05, 0.1) is 5.69 Å². The number of nitrogens with zero attached hydrogens (tertiary/aromatic N) is 2. The maximum absolute atomic E-state index is 12.9. The summed E-state index contributed by atoms with van der Waals surface area (Å²) < 4.78 is 8.40. The summed E-state index contributed by atoms with van der Waals surface area (Å²) in [6, 6.07) is 14.7. The first-order valence-corrected chi connectivity index (χ1v) is 12.1. The van der Waals surface area contributed by atoms with Crippen molar-refractivity contribution in [1.82, 2.24) is 14.7 Å². The van der Waals surface area contributed by atoms with Gasteiger partial charge in [-0.3, -0.25) is 24.3 Å². The monoisotopic (exact) mass is 506 g/mol. The predicted molar refractivity (Wildman–Crippen MR) is 137 cm³/mol. The van der Waals surface area contributed by atoms with Gasteiger partial charge >= 0.3 is 12.1 Å². The summed E-state index contributed by atoms with van der Waals surface area (Å²) in [6.07, 6.45) is 1.09. The number of carboxylic acid groups (broad SMARTS) is 1. The van der Waals surface area contributed by atoms with Crippen molar-refractivity contribution in [2.24, 2.45) is 20.0 Å². The molecule has 37 heavy (non-hydrogen) atoms. The quantitative estimate of drug-likeness (QED) is 0.406. The van der Waals surface area contributed by atoms with Gasteiger partial charge in [-0.25, -0.2) is 9.59 Å². The summed E-state index contributed by atoms with van der Waals surface area (Å²) in [6.45, 7) is 1.74. The molecule has 3 N–H and O–H groups in total. The van der Waals surface area contributed by atoms with Crippen molar-refractivity contribution < 1.29 is 24.2 Å². The average Bonchev–Trinajstić information content (AvgIpc) is 3.68. The number of hydrogen-bond donors (Lipinski definition) is 3. The first kappa shape index (κ1) is 25.7. The SMILES string of the molecule is CC(OC(=O)Nc1c(-c2ccc(C(=O)NC(CC3CC3)C(=O)O)cc2)n(C)n(C)c1=O)c1ccccc1. The Hall–Kier alpha value is -4.34. The first-order chi connectivity index (χ1) is 17.7. The van der Waals surface area contributed by atoms with Crippen molar-refractivity contribution in [2.75, 3.05) is 5.32 Å². The molecule has 0 aliphatic heterocycles. The van der Waals surface area contributed by atoms with Gasteiger partial charge in [0.2, 0.25) is 0 Å². The van der Waals surface area contributed by atoms with Crippen LogP contribution >= 0.6 is 0 Å². The number of nitrogens with one attached hydrogen (secondary N) is 2. The van der Waals surface area contributed by atoms with Gasteiger partial charge in [-0.1, -0.05) is 55.3 Å². The lowest BCUT2D eigenvalue weighted by atomic mass is 10.1. The molecule has 10 heteroatoms. The Kier molecular flexibility index (Phi) is 7.47. The molecule has 194 valence electrons. The second-order valence-electron chi connectivity index (χ2n) is 9.28. The summed E-state index contributed by atoms with van der Waals surface area (Å²) in [5, 5.41) is 14.6. The Morgan fingerprint density at radius 1 is 1.03 bits per heavy atom. The van der Waals surface area contributed by atoms with Crippen LogP contribution in [-0.4, -0.2) is 38.5 Å². The molecule has 2 amide bonds. The van der Waals surface area contributed by atoms with E-state index in [0.29, 0.717) is 23.6 Å². The summed E-state index contributed by atoms with van der Waals surface area (Å²) >= 11 is 0. The van der Waals surface area contributed by atoms with Crippen molar-refractivity contribution >= 4 is 23.7 Å². The van der Waals surface area contributed by atoms with Crippen LogP contribution in [0.4, 0.5) is 10.5 Å². The van der Waals surface area contributed by atoms with Crippen LogP contribution in [0.15, 0.2) is 59.4 Å². The van der Waals surface area contributed by atoms with Gasteiger partial charge in [-0.15, -0.1) is 0 Å². The van der Waals surface area contributed by atoms with E-state index in [4.69, 9.17) is 4.74 Å². The highest BCUT2D eigenvalue weighted by Crippen LogP contribution is 2.33. The van der Waals surface area contributed by atoms with Crippen LogP contribution in [-0.2, 0) is 23.6 Å². The lowest BCUT2D eigenvalue weighted by Gasteiger charge is -2.15. The van der Waals surface area contributed by atoms with Crippen molar-refractivity contribution in [1.29, 1.82) is 0 Å². The van der Waals surface area contributed by atoms with Gasteiger partial charge < -0.3 is 15.2 Å². The number of carbonyl (C=O) groups excluding carboxylic acids is 2. The summed E-state index contributed by atoms with van der Waals surface area (Å²) in [4.78, 5) is 49.7. The number of aliphatic carboxylic acids is 1. The maximum atomic E-state index is 12.9. The highest BCUT2D eigenvalue weighted by atomic mass is 16.6. The van der Waals surface area contributed by atoms with Crippen LogP contribution < -0.4 is 16.2 Å². The second-order valence-corrected chi connectivity index (χ2v) is 9.28. The normalized spacial score (nSPS) is 14.5. The van der Waals surface area contributed by atoms with Crippen molar-refractivity contribution in [3.8, 4) is 11.3 Å². The molecule has 2 aromatic carbocycles. The molecule has 10 nitrogen and oxygen atoms in total. The first-order valence-electron chi connectivity index (χ1n) is 12.1. The predicted octanol–water partition coefficient (Wildman–Crippen LogP) is 3.68. The Morgan fingerprint density at radius 2 is 1.68 bits per heavy atom. The van der Waals surface area contributed by atoms with Crippen LogP contribution in [0.5, 0.6) is 0 Å². The number of amides is 2. The van der Waals surface area contributed by atoms with Crippen molar-refractivity contribution in [3.05, 3.63) is 76.1 Å². The molecule has 1 saturated carbocycles. The van der Waals surface area contributed by atoms with Crippen molar-refractivity contribution in [3.63, 3.8) is 0 Å². The third-order valence-electron chi connectivity index (χ3n) is 6.59. The molecule has 0 bridgehead atoms. The van der Waals surface area contributed by atoms with E-state index in [-0.39, 0.29) is 11.3 Å². The third-order valence-corrected chi connectivity index (χ3v) is 6.59. The van der Waals surface area contributed by atoms with Gasteiger partial charge in [0.15, 0.2) is 0 Å². The summed E-state index contributed by atoms with van der Waals surface area (Å²) in [5.41, 5.74) is 1.74. The summed E-state index contributed by atoms with van der Waals surface area (Å²) in [5.74, 6) is -1.20. The van der Waals surface area contributed by atoms with Gasteiger partial charge in [-0.05, 0) is 37.0 Å². The molecule has 1 aliphatic rings. The highest BCUT2D eigenvalue weighted by Gasteiger charge is 2.30. The molecule has 1 fully saturated rings. The standard InChI is InChI=1S/C27H30N4O6/c1-16(18-7-5-4-6-8-18)37-27(36)29-22-23(30(2)31(3)25(22)33)19-11-13-20(14-12-19)24(32)28-21(26(34)35)15-17-9-10-17/h4-8,11-14,16-17,21H,9-10,15H2,1-3H3,(H,28,32)(H,29,36)(H,34,35). The number of carboxylic acids is 1. The molecule has 1 aliphatic carbocycles. The van der Waals surface area contributed by atoms with E-state index in [1.54, 1.807) is 50.0 Å². The van der Waals surface area contributed by atoms with Gasteiger partial charge in [-0.2, -0.15) is 0 Å². The minimum Gasteiger partial charge on any atom is -0.480 e. The van der Waals surface area contributed by atoms with E-state index in [1.165, 1.54) is 4.68 Å². The van der Waals surface area contributed by atoms with E-state index in [1.807, 2.05) is 30.3 Å². The second kappa shape index (κ2) is 10.7. The van der Waals surface area contributed by atoms with Crippen molar-refractivity contribution in [2.45, 2.75) is 38.3 Å². The Morgan fingerprint density at radius 3 is 2.27 bits per heavy atom. The van der Waals surface area contributed by atoms with Gasteiger partial charge in [0, 0.05) is 25.2 Å². The minimum absolute atomic E-state index is 0.0443. The van der Waals surface area contributed by atoms with Crippen LogP contribution in [0.1, 0.15) is 48.2 Å². The number of anilines is 1. The number of ether oxygens (including phenoxy) is 1. The number of benzene rings is 2. The number of aromatic nitrogens is 2. The molecule has 0 radical (unpaired) electrons. The average molecular weight is 507 g/mol. The lowest BCUT2D eigenvalue weighted by Crippen LogP contribution is -2.41. The Labute approximate surface area is 213 Å². The smallest absolute Gasteiger partial charge is 0.412 e.